The Morgan fingerprint density at radius 2 is 1.95 bits per heavy atom. The molecule has 0 radical (unpaired) electrons. The van der Waals surface area contributed by atoms with Gasteiger partial charge in [-0.2, -0.15) is 0 Å². The molecule has 2 aromatic rings. The first-order valence-corrected chi connectivity index (χ1v) is 6.57. The molecule has 0 fully saturated rings. The molecule has 0 bridgehead atoms. The lowest BCUT2D eigenvalue weighted by molar-refractivity contribution is -0.121. The maximum absolute atomic E-state index is 11.8. The highest BCUT2D eigenvalue weighted by Gasteiger charge is 2.08. The van der Waals surface area contributed by atoms with Gasteiger partial charge in [0.2, 0.25) is 11.8 Å². The molecule has 0 atom stereocenters. The van der Waals surface area contributed by atoms with Crippen LogP contribution in [0.1, 0.15) is 12.5 Å². The number of oxazole rings is 1. The molecule has 1 heterocycles. The van der Waals surface area contributed by atoms with Crippen molar-refractivity contribution in [1.29, 1.82) is 0 Å². The van der Waals surface area contributed by atoms with Crippen LogP contribution in [0.5, 0.6) is 0 Å². The fourth-order valence-corrected chi connectivity index (χ4v) is 1.97. The van der Waals surface area contributed by atoms with E-state index in [9.17, 15) is 14.4 Å². The normalized spacial score (nSPS) is 10.6. The topological polar surface area (TPSA) is 93.3 Å². The fourth-order valence-electron chi connectivity index (χ4n) is 1.97. The molecule has 2 N–H and O–H groups in total. The van der Waals surface area contributed by atoms with Gasteiger partial charge in [-0.3, -0.25) is 14.2 Å². The number of benzene rings is 1. The van der Waals surface area contributed by atoms with Gasteiger partial charge in [-0.25, -0.2) is 4.79 Å². The Balaban J connectivity index is 1.96. The zero-order chi connectivity index (χ0) is 15.4. The van der Waals surface area contributed by atoms with Crippen molar-refractivity contribution in [3.05, 3.63) is 34.3 Å². The summed E-state index contributed by atoms with van der Waals surface area (Å²) in [6.07, 6.45) is 0.204. The van der Waals surface area contributed by atoms with Gasteiger partial charge in [-0.15, -0.1) is 0 Å². The van der Waals surface area contributed by atoms with Crippen LogP contribution in [-0.4, -0.2) is 29.5 Å². The molecule has 0 saturated heterocycles. The molecule has 7 nitrogen and oxygen atoms in total. The number of hydrogen-bond donors (Lipinski definition) is 2. The van der Waals surface area contributed by atoms with Gasteiger partial charge in [0.05, 0.1) is 11.9 Å². The van der Waals surface area contributed by atoms with Crippen molar-refractivity contribution in [2.75, 3.05) is 13.1 Å². The number of carbonyl (C=O) groups is 2. The van der Waals surface area contributed by atoms with Gasteiger partial charge in [0.15, 0.2) is 5.58 Å². The van der Waals surface area contributed by atoms with Crippen LogP contribution in [0, 0.1) is 0 Å². The lowest BCUT2D eigenvalue weighted by Gasteiger charge is -2.06. The van der Waals surface area contributed by atoms with E-state index in [1.807, 2.05) is 0 Å². The fraction of sp³-hybridized carbons (Fsp3) is 0.357. The minimum Gasteiger partial charge on any atom is -0.408 e. The standard InChI is InChI=1S/C14H17N3O4/c1-9(18)15-5-6-16-13(19)8-10-3-4-12-11(7-10)17(2)14(20)21-12/h3-4,7H,5-6,8H2,1-2H3,(H,15,18)(H,16,19). The van der Waals surface area contributed by atoms with Gasteiger partial charge in [-0.05, 0) is 17.7 Å². The third-order valence-electron chi connectivity index (χ3n) is 3.04. The largest absolute Gasteiger partial charge is 0.419 e. The molecule has 0 aliphatic rings. The number of aryl methyl sites for hydroxylation is 1. The van der Waals surface area contributed by atoms with E-state index < -0.39 is 5.76 Å². The first-order chi connectivity index (χ1) is 9.97. The summed E-state index contributed by atoms with van der Waals surface area (Å²) in [6.45, 7) is 2.20. The lowest BCUT2D eigenvalue weighted by atomic mass is 10.1. The number of fused-ring (bicyclic) bond motifs is 1. The van der Waals surface area contributed by atoms with Gasteiger partial charge in [0.1, 0.15) is 0 Å². The molecule has 0 aliphatic carbocycles. The van der Waals surface area contributed by atoms with Gasteiger partial charge < -0.3 is 15.1 Å². The van der Waals surface area contributed by atoms with E-state index in [2.05, 4.69) is 10.6 Å². The first kappa shape index (κ1) is 14.8. The van der Waals surface area contributed by atoms with Crippen molar-refractivity contribution in [1.82, 2.24) is 15.2 Å². The number of amides is 2. The predicted molar refractivity (Wildman–Crippen MR) is 76.9 cm³/mol. The minimum absolute atomic E-state index is 0.129. The van der Waals surface area contributed by atoms with E-state index in [0.717, 1.165) is 5.56 Å². The Labute approximate surface area is 120 Å². The van der Waals surface area contributed by atoms with Crippen molar-refractivity contribution in [2.45, 2.75) is 13.3 Å². The molecule has 0 aliphatic heterocycles. The zero-order valence-corrected chi connectivity index (χ0v) is 11.9. The van der Waals surface area contributed by atoms with E-state index in [0.29, 0.717) is 24.2 Å². The molecule has 2 amide bonds. The molecule has 7 heteroatoms. The molecule has 112 valence electrons. The smallest absolute Gasteiger partial charge is 0.408 e. The SMILES string of the molecule is CC(=O)NCCNC(=O)Cc1ccc2oc(=O)n(C)c2c1. The summed E-state index contributed by atoms with van der Waals surface area (Å²) in [4.78, 5) is 33.8. The molecule has 1 aromatic heterocycles. The molecular formula is C14H17N3O4. The van der Waals surface area contributed by atoms with Crippen molar-refractivity contribution in [3.8, 4) is 0 Å². The van der Waals surface area contributed by atoms with Crippen molar-refractivity contribution in [2.24, 2.45) is 7.05 Å². The van der Waals surface area contributed by atoms with Crippen LogP contribution in [-0.2, 0) is 23.1 Å². The van der Waals surface area contributed by atoms with Crippen LogP contribution in [0.4, 0.5) is 0 Å². The number of nitrogens with one attached hydrogen (secondary N) is 2. The molecule has 21 heavy (non-hydrogen) atoms. The van der Waals surface area contributed by atoms with Crippen LogP contribution >= 0.6 is 0 Å². The highest BCUT2D eigenvalue weighted by molar-refractivity contribution is 5.81. The summed E-state index contributed by atoms with van der Waals surface area (Å²) in [5.74, 6) is -0.703. The van der Waals surface area contributed by atoms with Gasteiger partial charge in [0.25, 0.3) is 0 Å². The molecule has 0 saturated carbocycles. The maximum Gasteiger partial charge on any atom is 0.419 e. The lowest BCUT2D eigenvalue weighted by Crippen LogP contribution is -2.34. The second kappa shape index (κ2) is 6.25. The Hall–Kier alpha value is -2.57. The Bertz CT molecular complexity index is 729. The van der Waals surface area contributed by atoms with Gasteiger partial charge >= 0.3 is 5.76 Å². The highest BCUT2D eigenvalue weighted by atomic mass is 16.4. The van der Waals surface area contributed by atoms with Gasteiger partial charge in [0, 0.05) is 27.1 Å². The van der Waals surface area contributed by atoms with Crippen LogP contribution in [0.25, 0.3) is 11.1 Å². The van der Waals surface area contributed by atoms with Gasteiger partial charge in [-0.1, -0.05) is 6.07 Å². The molecular weight excluding hydrogens is 274 g/mol. The number of hydrogen-bond acceptors (Lipinski definition) is 4. The highest BCUT2D eigenvalue weighted by Crippen LogP contribution is 2.14. The first-order valence-electron chi connectivity index (χ1n) is 6.57. The third-order valence-corrected chi connectivity index (χ3v) is 3.04. The van der Waals surface area contributed by atoms with E-state index >= 15 is 0 Å². The van der Waals surface area contributed by atoms with E-state index in [4.69, 9.17) is 4.42 Å². The summed E-state index contributed by atoms with van der Waals surface area (Å²) in [5, 5.41) is 5.30. The maximum atomic E-state index is 11.8. The zero-order valence-electron chi connectivity index (χ0n) is 11.9. The number of aromatic nitrogens is 1. The second-order valence-corrected chi connectivity index (χ2v) is 4.74. The Morgan fingerprint density at radius 1 is 1.24 bits per heavy atom. The van der Waals surface area contributed by atoms with Crippen molar-refractivity contribution < 1.29 is 14.0 Å². The van der Waals surface area contributed by atoms with Crippen LogP contribution in [0.3, 0.4) is 0 Å². The van der Waals surface area contributed by atoms with Crippen molar-refractivity contribution in [3.63, 3.8) is 0 Å². The number of rotatable bonds is 5. The average molecular weight is 291 g/mol. The summed E-state index contributed by atoms with van der Waals surface area (Å²) in [6, 6.07) is 5.18. The summed E-state index contributed by atoms with van der Waals surface area (Å²) < 4.78 is 6.42. The quantitative estimate of drug-likeness (QED) is 0.754. The average Bonchev–Trinajstić information content (AvgIpc) is 2.70. The number of carbonyl (C=O) groups excluding carboxylic acids is 2. The Kier molecular flexibility index (Phi) is 4.42. The minimum atomic E-state index is -0.429. The van der Waals surface area contributed by atoms with Crippen LogP contribution in [0.2, 0.25) is 0 Å². The van der Waals surface area contributed by atoms with E-state index in [1.165, 1.54) is 11.5 Å². The Morgan fingerprint density at radius 3 is 2.67 bits per heavy atom. The molecule has 2 rings (SSSR count). The number of nitrogens with zero attached hydrogens (tertiary/aromatic N) is 1. The molecule has 0 unspecified atom stereocenters. The second-order valence-electron chi connectivity index (χ2n) is 4.74. The summed E-state index contributed by atoms with van der Waals surface area (Å²) in [7, 11) is 1.62. The molecule has 0 spiro atoms. The van der Waals surface area contributed by atoms with Crippen LogP contribution in [0.15, 0.2) is 27.4 Å². The molecule has 1 aromatic carbocycles. The van der Waals surface area contributed by atoms with Crippen molar-refractivity contribution >= 4 is 22.9 Å². The van der Waals surface area contributed by atoms with E-state index in [-0.39, 0.29) is 18.2 Å². The summed E-state index contributed by atoms with van der Waals surface area (Å²) in [5.41, 5.74) is 1.94. The third kappa shape index (κ3) is 3.71. The van der Waals surface area contributed by atoms with Crippen LogP contribution < -0.4 is 16.4 Å². The summed E-state index contributed by atoms with van der Waals surface area (Å²) >= 11 is 0. The van der Waals surface area contributed by atoms with E-state index in [1.54, 1.807) is 25.2 Å². The monoisotopic (exact) mass is 291 g/mol. The predicted octanol–water partition coefficient (Wildman–Crippen LogP) is -0.0737.